The molecule has 1 fully saturated rings. The van der Waals surface area contributed by atoms with E-state index in [1.165, 1.54) is 36.1 Å². The third-order valence-electron chi connectivity index (χ3n) is 4.22. The molecule has 1 unspecified atom stereocenters. The Morgan fingerprint density at radius 3 is 3.16 bits per heavy atom. The zero-order valence-corrected chi connectivity index (χ0v) is 11.8. The Morgan fingerprint density at radius 2 is 2.37 bits per heavy atom. The Kier molecular flexibility index (Phi) is 4.04. The minimum atomic E-state index is 0.451. The molecule has 19 heavy (non-hydrogen) atoms. The highest BCUT2D eigenvalue weighted by Gasteiger charge is 2.19. The Bertz CT molecular complexity index is 427. The number of fused-ring (bicyclic) bond motifs is 1. The molecule has 0 saturated carbocycles. The van der Waals surface area contributed by atoms with Crippen LogP contribution in [0.4, 0.5) is 5.69 Å². The van der Waals surface area contributed by atoms with Crippen LogP contribution in [0, 0.1) is 0 Å². The first kappa shape index (κ1) is 12.9. The van der Waals surface area contributed by atoms with Crippen molar-refractivity contribution < 1.29 is 4.74 Å². The van der Waals surface area contributed by atoms with Crippen molar-refractivity contribution in [2.75, 3.05) is 31.6 Å². The second-order valence-corrected chi connectivity index (χ2v) is 5.63. The molecule has 2 aliphatic heterocycles. The monoisotopic (exact) mass is 260 g/mol. The van der Waals surface area contributed by atoms with E-state index in [9.17, 15) is 0 Å². The standard InChI is InChI=1S/C16H24N2O/c1-2-18(12-15-4-3-9-19-15)11-13-5-6-14-7-8-17-16(14)10-13/h5-6,10,15,17H,2-4,7-9,11-12H2,1H3. The first-order chi connectivity index (χ1) is 9.35. The highest BCUT2D eigenvalue weighted by molar-refractivity contribution is 5.56. The summed E-state index contributed by atoms with van der Waals surface area (Å²) in [5, 5.41) is 3.46. The lowest BCUT2D eigenvalue weighted by Gasteiger charge is -2.24. The number of benzene rings is 1. The topological polar surface area (TPSA) is 24.5 Å². The third-order valence-corrected chi connectivity index (χ3v) is 4.22. The van der Waals surface area contributed by atoms with Crippen LogP contribution in [-0.2, 0) is 17.7 Å². The Morgan fingerprint density at radius 1 is 1.42 bits per heavy atom. The van der Waals surface area contributed by atoms with Crippen molar-refractivity contribution in [3.05, 3.63) is 29.3 Å². The summed E-state index contributed by atoms with van der Waals surface area (Å²) < 4.78 is 5.74. The molecular weight excluding hydrogens is 236 g/mol. The fourth-order valence-electron chi connectivity index (χ4n) is 3.08. The maximum absolute atomic E-state index is 5.74. The van der Waals surface area contributed by atoms with E-state index in [2.05, 4.69) is 35.3 Å². The molecule has 3 rings (SSSR count). The molecule has 0 amide bonds. The number of hydrogen-bond donors (Lipinski definition) is 1. The number of rotatable bonds is 5. The zero-order valence-electron chi connectivity index (χ0n) is 11.8. The van der Waals surface area contributed by atoms with E-state index in [-0.39, 0.29) is 0 Å². The normalized spacial score (nSPS) is 21.7. The number of nitrogens with one attached hydrogen (secondary N) is 1. The van der Waals surface area contributed by atoms with Gasteiger partial charge in [0.05, 0.1) is 6.10 Å². The SMILES string of the molecule is CCN(Cc1ccc2c(c1)NCC2)CC1CCCO1. The molecule has 2 heterocycles. The first-order valence-electron chi connectivity index (χ1n) is 7.55. The lowest BCUT2D eigenvalue weighted by molar-refractivity contribution is 0.0725. The number of nitrogens with zero attached hydrogens (tertiary/aromatic N) is 1. The molecule has 1 aromatic rings. The molecule has 1 N–H and O–H groups in total. The molecule has 1 atom stereocenters. The van der Waals surface area contributed by atoms with Gasteiger partial charge in [-0.1, -0.05) is 19.1 Å². The van der Waals surface area contributed by atoms with E-state index in [1.807, 2.05) is 0 Å². The van der Waals surface area contributed by atoms with Crippen molar-refractivity contribution >= 4 is 5.69 Å². The summed E-state index contributed by atoms with van der Waals surface area (Å²) in [4.78, 5) is 2.49. The van der Waals surface area contributed by atoms with E-state index in [4.69, 9.17) is 4.74 Å². The van der Waals surface area contributed by atoms with Gasteiger partial charge in [-0.15, -0.1) is 0 Å². The summed E-state index contributed by atoms with van der Waals surface area (Å²) in [6.07, 6.45) is 4.07. The summed E-state index contributed by atoms with van der Waals surface area (Å²) in [6.45, 7) is 7.47. The van der Waals surface area contributed by atoms with Crippen molar-refractivity contribution in [2.24, 2.45) is 0 Å². The molecule has 0 aromatic heterocycles. The largest absolute Gasteiger partial charge is 0.384 e. The van der Waals surface area contributed by atoms with Gasteiger partial charge in [-0.05, 0) is 43.0 Å². The van der Waals surface area contributed by atoms with Crippen LogP contribution >= 0.6 is 0 Å². The molecule has 3 nitrogen and oxygen atoms in total. The molecular formula is C16H24N2O. The minimum absolute atomic E-state index is 0.451. The number of hydrogen-bond acceptors (Lipinski definition) is 3. The number of ether oxygens (including phenoxy) is 1. The smallest absolute Gasteiger partial charge is 0.0702 e. The molecule has 2 aliphatic rings. The van der Waals surface area contributed by atoms with Gasteiger partial charge in [0.1, 0.15) is 0 Å². The average Bonchev–Trinajstić information content (AvgIpc) is 3.08. The van der Waals surface area contributed by atoms with Crippen molar-refractivity contribution in [3.8, 4) is 0 Å². The predicted molar refractivity (Wildman–Crippen MR) is 78.6 cm³/mol. The number of anilines is 1. The van der Waals surface area contributed by atoms with Crippen LogP contribution in [0.25, 0.3) is 0 Å². The van der Waals surface area contributed by atoms with E-state index >= 15 is 0 Å². The lowest BCUT2D eigenvalue weighted by atomic mass is 10.1. The van der Waals surface area contributed by atoms with Crippen LogP contribution in [0.15, 0.2) is 18.2 Å². The Labute approximate surface area is 115 Å². The summed E-state index contributed by atoms with van der Waals surface area (Å²) >= 11 is 0. The van der Waals surface area contributed by atoms with Crippen LogP contribution < -0.4 is 5.32 Å². The molecule has 0 bridgehead atoms. The molecule has 0 aliphatic carbocycles. The Hall–Kier alpha value is -1.06. The van der Waals surface area contributed by atoms with Gasteiger partial charge >= 0.3 is 0 Å². The van der Waals surface area contributed by atoms with Gasteiger partial charge in [-0.25, -0.2) is 0 Å². The number of likely N-dealkylation sites (N-methyl/N-ethyl adjacent to an activating group) is 1. The van der Waals surface area contributed by atoms with Gasteiger partial charge < -0.3 is 10.1 Å². The van der Waals surface area contributed by atoms with Crippen LogP contribution in [0.3, 0.4) is 0 Å². The lowest BCUT2D eigenvalue weighted by Crippen LogP contribution is -2.31. The molecule has 3 heteroatoms. The van der Waals surface area contributed by atoms with Gasteiger partial charge in [0.25, 0.3) is 0 Å². The quantitative estimate of drug-likeness (QED) is 0.881. The summed E-state index contributed by atoms with van der Waals surface area (Å²) in [5.41, 5.74) is 4.21. The molecule has 1 aromatic carbocycles. The second-order valence-electron chi connectivity index (χ2n) is 5.63. The van der Waals surface area contributed by atoms with Crippen LogP contribution in [0.2, 0.25) is 0 Å². The van der Waals surface area contributed by atoms with Crippen molar-refractivity contribution in [1.29, 1.82) is 0 Å². The molecule has 0 radical (unpaired) electrons. The fraction of sp³-hybridized carbons (Fsp3) is 0.625. The fourth-order valence-corrected chi connectivity index (χ4v) is 3.08. The predicted octanol–water partition coefficient (Wildman–Crippen LogP) is 2.66. The third kappa shape index (κ3) is 3.10. The summed E-state index contributed by atoms with van der Waals surface area (Å²) in [7, 11) is 0. The first-order valence-corrected chi connectivity index (χ1v) is 7.55. The highest BCUT2D eigenvalue weighted by atomic mass is 16.5. The summed E-state index contributed by atoms with van der Waals surface area (Å²) in [6, 6.07) is 6.88. The van der Waals surface area contributed by atoms with E-state index in [1.54, 1.807) is 0 Å². The van der Waals surface area contributed by atoms with Gasteiger partial charge in [-0.2, -0.15) is 0 Å². The van der Waals surface area contributed by atoms with Crippen LogP contribution in [-0.4, -0.2) is 37.2 Å². The highest BCUT2D eigenvalue weighted by Crippen LogP contribution is 2.24. The van der Waals surface area contributed by atoms with Gasteiger partial charge in [-0.3, -0.25) is 4.90 Å². The van der Waals surface area contributed by atoms with E-state index < -0.39 is 0 Å². The zero-order chi connectivity index (χ0) is 13.1. The maximum Gasteiger partial charge on any atom is 0.0702 e. The van der Waals surface area contributed by atoms with Crippen molar-refractivity contribution in [1.82, 2.24) is 4.90 Å². The average molecular weight is 260 g/mol. The maximum atomic E-state index is 5.74. The van der Waals surface area contributed by atoms with E-state index in [0.29, 0.717) is 6.10 Å². The molecule has 0 spiro atoms. The van der Waals surface area contributed by atoms with Crippen molar-refractivity contribution in [2.45, 2.75) is 38.8 Å². The van der Waals surface area contributed by atoms with Crippen LogP contribution in [0.1, 0.15) is 30.9 Å². The van der Waals surface area contributed by atoms with Crippen molar-refractivity contribution in [3.63, 3.8) is 0 Å². The van der Waals surface area contributed by atoms with Gasteiger partial charge in [0.2, 0.25) is 0 Å². The van der Waals surface area contributed by atoms with Gasteiger partial charge in [0.15, 0.2) is 0 Å². The Balaban J connectivity index is 1.61. The molecule has 104 valence electrons. The minimum Gasteiger partial charge on any atom is -0.384 e. The van der Waals surface area contributed by atoms with Crippen LogP contribution in [0.5, 0.6) is 0 Å². The summed E-state index contributed by atoms with van der Waals surface area (Å²) in [5.74, 6) is 0. The second kappa shape index (κ2) is 5.93. The van der Waals surface area contributed by atoms with E-state index in [0.717, 1.165) is 32.8 Å². The molecule has 1 saturated heterocycles. The van der Waals surface area contributed by atoms with Gasteiger partial charge in [0, 0.05) is 31.9 Å².